The van der Waals surface area contributed by atoms with Crippen molar-refractivity contribution in [1.29, 1.82) is 0 Å². The monoisotopic (exact) mass is 304 g/mol. The zero-order valence-corrected chi connectivity index (χ0v) is 12.8. The fourth-order valence-electron chi connectivity index (χ4n) is 3.28. The minimum absolute atomic E-state index is 0.00301. The molecule has 0 saturated heterocycles. The summed E-state index contributed by atoms with van der Waals surface area (Å²) >= 11 is 0. The molecule has 0 saturated carbocycles. The molecule has 1 aliphatic heterocycles. The normalized spacial score (nSPS) is 16.7. The summed E-state index contributed by atoms with van der Waals surface area (Å²) in [6, 6.07) is 20.0. The van der Waals surface area contributed by atoms with Crippen LogP contribution in [0.15, 0.2) is 60.7 Å². The highest BCUT2D eigenvalue weighted by Crippen LogP contribution is 2.43. The average Bonchev–Trinajstić information content (AvgIpc) is 2.60. The molecule has 1 atom stereocenters. The Balaban J connectivity index is 1.91. The lowest BCUT2D eigenvalue weighted by atomic mass is 9.83. The quantitative estimate of drug-likeness (QED) is 0.523. The first kappa shape index (κ1) is 13.8. The van der Waals surface area contributed by atoms with Crippen molar-refractivity contribution in [3.8, 4) is 11.5 Å². The van der Waals surface area contributed by atoms with Crippen molar-refractivity contribution in [2.24, 2.45) is 0 Å². The molecule has 0 radical (unpaired) electrons. The van der Waals surface area contributed by atoms with Crippen LogP contribution in [0.4, 0.5) is 0 Å². The summed E-state index contributed by atoms with van der Waals surface area (Å²) in [6.07, 6.45) is 0.355. The number of esters is 1. The first-order valence-corrected chi connectivity index (χ1v) is 7.62. The zero-order chi connectivity index (χ0) is 15.8. The molecule has 1 unspecified atom stereocenters. The van der Waals surface area contributed by atoms with Crippen LogP contribution in [0.2, 0.25) is 0 Å². The molecular weight excluding hydrogens is 288 g/mol. The topological polar surface area (TPSA) is 35.5 Å². The summed E-state index contributed by atoms with van der Waals surface area (Å²) in [5, 5.41) is 2.29. The number of fused-ring (bicyclic) bond motifs is 3. The van der Waals surface area contributed by atoms with Gasteiger partial charge < -0.3 is 9.47 Å². The molecular formula is C20H16O3. The van der Waals surface area contributed by atoms with Crippen molar-refractivity contribution in [3.63, 3.8) is 0 Å². The molecule has 23 heavy (non-hydrogen) atoms. The van der Waals surface area contributed by atoms with E-state index in [9.17, 15) is 4.79 Å². The Morgan fingerprint density at radius 2 is 1.78 bits per heavy atom. The van der Waals surface area contributed by atoms with Crippen LogP contribution >= 0.6 is 0 Å². The van der Waals surface area contributed by atoms with Crippen molar-refractivity contribution in [1.82, 2.24) is 0 Å². The molecule has 1 heterocycles. The molecule has 0 amide bonds. The van der Waals surface area contributed by atoms with E-state index in [1.807, 2.05) is 48.5 Å². The van der Waals surface area contributed by atoms with E-state index in [1.165, 1.54) is 0 Å². The Hall–Kier alpha value is -2.81. The first-order valence-electron chi connectivity index (χ1n) is 7.62. The lowest BCUT2D eigenvalue weighted by molar-refractivity contribution is -0.135. The lowest BCUT2D eigenvalue weighted by Crippen LogP contribution is -2.21. The van der Waals surface area contributed by atoms with Gasteiger partial charge >= 0.3 is 5.97 Å². The lowest BCUT2D eigenvalue weighted by Gasteiger charge is -2.26. The predicted molar refractivity (Wildman–Crippen MR) is 89.0 cm³/mol. The van der Waals surface area contributed by atoms with Crippen LogP contribution in [-0.4, -0.2) is 13.1 Å². The maximum absolute atomic E-state index is 12.0. The van der Waals surface area contributed by atoms with Gasteiger partial charge in [0.1, 0.15) is 11.5 Å². The van der Waals surface area contributed by atoms with Crippen LogP contribution in [-0.2, 0) is 4.79 Å². The number of methoxy groups -OCH3 is 1. The van der Waals surface area contributed by atoms with Crippen molar-refractivity contribution in [3.05, 3.63) is 71.8 Å². The van der Waals surface area contributed by atoms with E-state index in [0.717, 1.165) is 27.6 Å². The Kier molecular flexibility index (Phi) is 3.27. The second-order valence-electron chi connectivity index (χ2n) is 5.70. The van der Waals surface area contributed by atoms with E-state index in [4.69, 9.17) is 9.47 Å². The van der Waals surface area contributed by atoms with Gasteiger partial charge in [0, 0.05) is 11.5 Å². The van der Waals surface area contributed by atoms with E-state index < -0.39 is 0 Å². The molecule has 114 valence electrons. The third-order valence-corrected chi connectivity index (χ3v) is 4.39. The molecule has 3 heteroatoms. The highest BCUT2D eigenvalue weighted by atomic mass is 16.5. The van der Waals surface area contributed by atoms with Crippen molar-refractivity contribution in [2.45, 2.75) is 12.3 Å². The van der Waals surface area contributed by atoms with Gasteiger partial charge in [0.2, 0.25) is 0 Å². The minimum Gasteiger partial charge on any atom is -0.497 e. The maximum atomic E-state index is 12.0. The molecule has 0 fully saturated rings. The molecule has 3 nitrogen and oxygen atoms in total. The molecule has 3 aromatic rings. The standard InChI is InChI=1S/C20H16O3/c1-22-15-9-6-14(7-10-15)17-12-19(21)23-18-11-8-13-4-2-3-5-16(13)20(17)18/h2-11,17H,12H2,1H3. The van der Waals surface area contributed by atoms with Gasteiger partial charge in [0.25, 0.3) is 0 Å². The van der Waals surface area contributed by atoms with Crippen molar-refractivity contribution in [2.75, 3.05) is 7.11 Å². The Morgan fingerprint density at radius 3 is 2.57 bits per heavy atom. The fourth-order valence-corrected chi connectivity index (χ4v) is 3.28. The SMILES string of the molecule is COc1ccc(C2CC(=O)Oc3ccc4ccccc4c32)cc1. The highest BCUT2D eigenvalue weighted by Gasteiger charge is 2.30. The van der Waals surface area contributed by atoms with Gasteiger partial charge in [-0.3, -0.25) is 4.79 Å². The molecule has 1 aliphatic rings. The summed E-state index contributed by atoms with van der Waals surface area (Å²) in [4.78, 5) is 12.0. The van der Waals surface area contributed by atoms with Crippen LogP contribution < -0.4 is 9.47 Å². The first-order chi connectivity index (χ1) is 11.3. The van der Waals surface area contributed by atoms with Crippen molar-refractivity contribution >= 4 is 16.7 Å². The molecule has 0 spiro atoms. The van der Waals surface area contributed by atoms with Gasteiger partial charge in [-0.05, 0) is 34.5 Å². The van der Waals surface area contributed by atoms with Gasteiger partial charge in [-0.2, -0.15) is 0 Å². The number of hydrogen-bond donors (Lipinski definition) is 0. The van der Waals surface area contributed by atoms with Crippen LogP contribution in [0.3, 0.4) is 0 Å². The average molecular weight is 304 g/mol. The van der Waals surface area contributed by atoms with Crippen LogP contribution in [0.1, 0.15) is 23.5 Å². The number of carbonyl (C=O) groups excluding carboxylic acids is 1. The van der Waals surface area contributed by atoms with Gasteiger partial charge in [0.15, 0.2) is 0 Å². The van der Waals surface area contributed by atoms with Gasteiger partial charge in [0.05, 0.1) is 13.5 Å². The largest absolute Gasteiger partial charge is 0.497 e. The summed E-state index contributed by atoms with van der Waals surface area (Å²) in [7, 11) is 1.65. The molecule has 3 aromatic carbocycles. The van der Waals surface area contributed by atoms with Crippen LogP contribution in [0.5, 0.6) is 11.5 Å². The Bertz CT molecular complexity index is 881. The number of benzene rings is 3. The number of hydrogen-bond acceptors (Lipinski definition) is 3. The summed E-state index contributed by atoms with van der Waals surface area (Å²) in [5.74, 6) is 1.29. The number of carbonyl (C=O) groups is 1. The highest BCUT2D eigenvalue weighted by molar-refractivity contribution is 5.92. The van der Waals surface area contributed by atoms with Crippen LogP contribution in [0, 0.1) is 0 Å². The third kappa shape index (κ3) is 2.34. The minimum atomic E-state index is -0.186. The van der Waals surface area contributed by atoms with Gasteiger partial charge in [-0.15, -0.1) is 0 Å². The summed E-state index contributed by atoms with van der Waals surface area (Å²) in [5.41, 5.74) is 2.19. The smallest absolute Gasteiger partial charge is 0.312 e. The molecule has 0 aromatic heterocycles. The van der Waals surface area contributed by atoms with E-state index in [-0.39, 0.29) is 11.9 Å². The zero-order valence-electron chi connectivity index (χ0n) is 12.8. The van der Waals surface area contributed by atoms with E-state index in [2.05, 4.69) is 12.1 Å². The second kappa shape index (κ2) is 5.43. The molecule has 4 rings (SSSR count). The Labute approximate surface area is 134 Å². The number of ether oxygens (including phenoxy) is 2. The molecule has 0 bridgehead atoms. The van der Waals surface area contributed by atoms with E-state index in [0.29, 0.717) is 12.2 Å². The van der Waals surface area contributed by atoms with E-state index in [1.54, 1.807) is 7.11 Å². The second-order valence-corrected chi connectivity index (χ2v) is 5.70. The van der Waals surface area contributed by atoms with Gasteiger partial charge in [-0.1, -0.05) is 42.5 Å². The number of rotatable bonds is 2. The summed E-state index contributed by atoms with van der Waals surface area (Å²) < 4.78 is 10.7. The fraction of sp³-hybridized carbons (Fsp3) is 0.150. The van der Waals surface area contributed by atoms with E-state index >= 15 is 0 Å². The van der Waals surface area contributed by atoms with Crippen LogP contribution in [0.25, 0.3) is 10.8 Å². The molecule has 0 aliphatic carbocycles. The van der Waals surface area contributed by atoms with Gasteiger partial charge in [-0.25, -0.2) is 0 Å². The predicted octanol–water partition coefficient (Wildman–Crippen LogP) is 4.29. The molecule has 0 N–H and O–H groups in total. The van der Waals surface area contributed by atoms with Crippen molar-refractivity contribution < 1.29 is 14.3 Å². The third-order valence-electron chi connectivity index (χ3n) is 4.39. The maximum Gasteiger partial charge on any atom is 0.312 e. The summed E-state index contributed by atoms with van der Waals surface area (Å²) in [6.45, 7) is 0. The Morgan fingerprint density at radius 1 is 1.00 bits per heavy atom.